The molecule has 0 aromatic heterocycles. The van der Waals surface area contributed by atoms with Gasteiger partial charge in [0.2, 0.25) is 5.91 Å². The summed E-state index contributed by atoms with van der Waals surface area (Å²) in [6.45, 7) is 0.437. The fourth-order valence-electron chi connectivity index (χ4n) is 2.99. The number of carbonyl (C=O) groups excluding carboxylic acids is 1. The van der Waals surface area contributed by atoms with Gasteiger partial charge >= 0.3 is 0 Å². The van der Waals surface area contributed by atoms with Crippen molar-refractivity contribution in [3.05, 3.63) is 12.2 Å². The first-order valence-corrected chi connectivity index (χ1v) is 7.35. The maximum atomic E-state index is 12.0. The average Bonchev–Trinajstić information content (AvgIpc) is 2.62. The fraction of sp³-hybridized carbons (Fsp3) is 0.800. The molecule has 1 saturated carbocycles. The van der Waals surface area contributed by atoms with E-state index in [0.717, 1.165) is 44.9 Å². The summed E-state index contributed by atoms with van der Waals surface area (Å²) < 4.78 is 0. The summed E-state index contributed by atoms with van der Waals surface area (Å²) in [6, 6.07) is 0. The Labute approximate surface area is 110 Å². The number of rotatable bonds is 3. The zero-order valence-electron chi connectivity index (χ0n) is 11.2. The van der Waals surface area contributed by atoms with E-state index in [1.807, 2.05) is 0 Å². The van der Waals surface area contributed by atoms with Crippen molar-refractivity contribution in [2.75, 3.05) is 6.54 Å². The summed E-state index contributed by atoms with van der Waals surface area (Å²) in [6.07, 6.45) is 13.3. The summed E-state index contributed by atoms with van der Waals surface area (Å²) in [5.74, 6) is 0.237. The minimum absolute atomic E-state index is 0.115. The van der Waals surface area contributed by atoms with Crippen LogP contribution in [0.25, 0.3) is 0 Å². The van der Waals surface area contributed by atoms with Crippen LogP contribution in [0.1, 0.15) is 57.8 Å². The summed E-state index contributed by atoms with van der Waals surface area (Å²) in [4.78, 5) is 12.0. The van der Waals surface area contributed by atoms with Crippen LogP contribution in [-0.4, -0.2) is 23.2 Å². The van der Waals surface area contributed by atoms with Gasteiger partial charge in [-0.15, -0.1) is 0 Å². The summed E-state index contributed by atoms with van der Waals surface area (Å²) in [5.41, 5.74) is -0.656. The molecule has 2 rings (SSSR count). The Kier molecular flexibility index (Phi) is 4.81. The third-order valence-corrected chi connectivity index (χ3v) is 4.27. The molecule has 102 valence electrons. The van der Waals surface area contributed by atoms with Crippen LogP contribution in [0.3, 0.4) is 0 Å². The molecule has 0 aromatic carbocycles. The quantitative estimate of drug-likeness (QED) is 0.598. The highest BCUT2D eigenvalue weighted by atomic mass is 16.3. The van der Waals surface area contributed by atoms with Gasteiger partial charge in [0.05, 0.1) is 5.60 Å². The van der Waals surface area contributed by atoms with E-state index in [-0.39, 0.29) is 11.8 Å². The number of hydrogen-bond donors (Lipinski definition) is 2. The van der Waals surface area contributed by atoms with Gasteiger partial charge in [-0.3, -0.25) is 4.79 Å². The highest BCUT2D eigenvalue weighted by Gasteiger charge is 2.29. The van der Waals surface area contributed by atoms with Gasteiger partial charge in [-0.05, 0) is 32.1 Å². The number of carbonyl (C=O) groups is 1. The van der Waals surface area contributed by atoms with Gasteiger partial charge in [0.25, 0.3) is 0 Å². The van der Waals surface area contributed by atoms with Gasteiger partial charge in [0.1, 0.15) is 0 Å². The van der Waals surface area contributed by atoms with Gasteiger partial charge < -0.3 is 10.4 Å². The zero-order chi connectivity index (χ0) is 12.8. The third kappa shape index (κ3) is 3.84. The fourth-order valence-corrected chi connectivity index (χ4v) is 2.99. The standard InChI is InChI=1S/C15H25NO2/c17-14(13-8-4-3-5-9-13)16-12-15(18)10-6-1-2-7-11-15/h3-4,13,18H,1-2,5-12H2,(H,16,17). The van der Waals surface area contributed by atoms with E-state index in [9.17, 15) is 9.90 Å². The Hall–Kier alpha value is -0.830. The predicted octanol–water partition coefficient (Wildman–Crippen LogP) is 2.54. The van der Waals surface area contributed by atoms with Crippen LogP contribution in [0.2, 0.25) is 0 Å². The third-order valence-electron chi connectivity index (χ3n) is 4.27. The molecule has 0 heterocycles. The number of nitrogens with one attached hydrogen (secondary N) is 1. The highest BCUT2D eigenvalue weighted by molar-refractivity contribution is 5.79. The van der Waals surface area contributed by atoms with Gasteiger partial charge in [0, 0.05) is 12.5 Å². The molecule has 1 atom stereocenters. The van der Waals surface area contributed by atoms with Crippen molar-refractivity contribution in [2.45, 2.75) is 63.4 Å². The minimum Gasteiger partial charge on any atom is -0.388 e. The Balaban J connectivity index is 1.78. The van der Waals surface area contributed by atoms with Crippen LogP contribution in [0, 0.1) is 5.92 Å². The molecule has 0 bridgehead atoms. The minimum atomic E-state index is -0.656. The van der Waals surface area contributed by atoms with Gasteiger partial charge in [-0.1, -0.05) is 37.8 Å². The first-order valence-electron chi connectivity index (χ1n) is 7.35. The summed E-state index contributed by atoms with van der Waals surface area (Å²) in [7, 11) is 0. The largest absolute Gasteiger partial charge is 0.388 e. The molecule has 0 aliphatic heterocycles. The molecule has 3 heteroatoms. The molecular weight excluding hydrogens is 226 g/mol. The van der Waals surface area contributed by atoms with Crippen LogP contribution in [0.5, 0.6) is 0 Å². The van der Waals surface area contributed by atoms with Crippen LogP contribution in [-0.2, 0) is 4.79 Å². The maximum absolute atomic E-state index is 12.0. The number of aliphatic hydroxyl groups is 1. The van der Waals surface area contributed by atoms with E-state index in [1.54, 1.807) is 0 Å². The lowest BCUT2D eigenvalue weighted by atomic mass is 9.91. The molecule has 0 saturated heterocycles. The van der Waals surface area contributed by atoms with Crippen molar-refractivity contribution < 1.29 is 9.90 Å². The molecule has 1 amide bonds. The summed E-state index contributed by atoms with van der Waals surface area (Å²) in [5, 5.41) is 13.4. The van der Waals surface area contributed by atoms with Crippen molar-refractivity contribution >= 4 is 5.91 Å². The Morgan fingerprint density at radius 3 is 2.56 bits per heavy atom. The van der Waals surface area contributed by atoms with Crippen molar-refractivity contribution in [3.8, 4) is 0 Å². The second-order valence-corrected chi connectivity index (χ2v) is 5.84. The molecular formula is C15H25NO2. The van der Waals surface area contributed by atoms with Crippen molar-refractivity contribution in [1.82, 2.24) is 5.32 Å². The molecule has 1 fully saturated rings. The average molecular weight is 251 g/mol. The Morgan fingerprint density at radius 2 is 1.94 bits per heavy atom. The van der Waals surface area contributed by atoms with Gasteiger partial charge in [-0.2, -0.15) is 0 Å². The van der Waals surface area contributed by atoms with E-state index < -0.39 is 5.60 Å². The number of allylic oxidation sites excluding steroid dienone is 2. The van der Waals surface area contributed by atoms with Crippen LogP contribution in [0.15, 0.2) is 12.2 Å². The van der Waals surface area contributed by atoms with Crippen LogP contribution >= 0.6 is 0 Å². The SMILES string of the molecule is O=C(NCC1(O)CCCCCC1)C1CC=CCC1. The van der Waals surface area contributed by atoms with E-state index in [0.29, 0.717) is 6.54 Å². The monoisotopic (exact) mass is 251 g/mol. The number of hydrogen-bond acceptors (Lipinski definition) is 2. The van der Waals surface area contributed by atoms with Crippen molar-refractivity contribution in [2.24, 2.45) is 5.92 Å². The van der Waals surface area contributed by atoms with Crippen LogP contribution in [0.4, 0.5) is 0 Å². The highest BCUT2D eigenvalue weighted by Crippen LogP contribution is 2.26. The van der Waals surface area contributed by atoms with E-state index in [2.05, 4.69) is 17.5 Å². The normalized spacial score (nSPS) is 27.5. The smallest absolute Gasteiger partial charge is 0.223 e. The molecule has 2 N–H and O–H groups in total. The molecule has 0 aromatic rings. The first-order chi connectivity index (χ1) is 8.70. The lowest BCUT2D eigenvalue weighted by Gasteiger charge is -2.28. The first kappa shape index (κ1) is 13.6. The van der Waals surface area contributed by atoms with E-state index in [1.165, 1.54) is 12.8 Å². The van der Waals surface area contributed by atoms with Gasteiger partial charge in [0.15, 0.2) is 0 Å². The maximum Gasteiger partial charge on any atom is 0.223 e. The van der Waals surface area contributed by atoms with Crippen molar-refractivity contribution in [3.63, 3.8) is 0 Å². The lowest BCUT2D eigenvalue weighted by Crippen LogP contribution is -2.44. The molecule has 2 aliphatic rings. The van der Waals surface area contributed by atoms with Crippen molar-refractivity contribution in [1.29, 1.82) is 0 Å². The van der Waals surface area contributed by atoms with E-state index in [4.69, 9.17) is 0 Å². The lowest BCUT2D eigenvalue weighted by molar-refractivity contribution is -0.126. The zero-order valence-corrected chi connectivity index (χ0v) is 11.2. The molecule has 1 unspecified atom stereocenters. The van der Waals surface area contributed by atoms with Crippen LogP contribution < -0.4 is 5.32 Å². The van der Waals surface area contributed by atoms with E-state index >= 15 is 0 Å². The second kappa shape index (κ2) is 6.37. The van der Waals surface area contributed by atoms with Gasteiger partial charge in [-0.25, -0.2) is 0 Å². The Bertz CT molecular complexity index is 304. The molecule has 2 aliphatic carbocycles. The molecule has 0 radical (unpaired) electrons. The Morgan fingerprint density at radius 1 is 1.22 bits per heavy atom. The number of amides is 1. The molecule has 18 heavy (non-hydrogen) atoms. The molecule has 3 nitrogen and oxygen atoms in total. The predicted molar refractivity (Wildman–Crippen MR) is 72.1 cm³/mol. The summed E-state index contributed by atoms with van der Waals surface area (Å²) >= 11 is 0. The molecule has 0 spiro atoms. The second-order valence-electron chi connectivity index (χ2n) is 5.84. The topological polar surface area (TPSA) is 49.3 Å².